The lowest BCUT2D eigenvalue weighted by Crippen LogP contribution is -2.45. The predicted octanol–water partition coefficient (Wildman–Crippen LogP) is 3.41. The van der Waals surface area contributed by atoms with Crippen molar-refractivity contribution in [3.8, 4) is 5.69 Å². The zero-order valence-corrected chi connectivity index (χ0v) is 19.9. The van der Waals surface area contributed by atoms with Crippen molar-refractivity contribution in [3.05, 3.63) is 47.0 Å². The second kappa shape index (κ2) is 8.46. The normalized spacial score (nSPS) is 16.8. The van der Waals surface area contributed by atoms with Gasteiger partial charge in [-0.1, -0.05) is 0 Å². The first-order chi connectivity index (χ1) is 15.6. The minimum absolute atomic E-state index is 0.189. The Labute approximate surface area is 193 Å². The molecule has 1 aromatic carbocycles. The molecule has 1 amide bonds. The number of carbonyl (C=O) groups excluding carboxylic acids is 1. The number of piperidine rings is 1. The van der Waals surface area contributed by atoms with Gasteiger partial charge in [0.2, 0.25) is 0 Å². The number of rotatable bonds is 3. The van der Waals surface area contributed by atoms with Crippen LogP contribution in [0.3, 0.4) is 0 Å². The Bertz CT molecular complexity index is 1220. The van der Waals surface area contributed by atoms with Crippen LogP contribution >= 0.6 is 0 Å². The van der Waals surface area contributed by atoms with Gasteiger partial charge < -0.3 is 20.3 Å². The first-order valence-corrected chi connectivity index (χ1v) is 11.2. The third-order valence-corrected chi connectivity index (χ3v) is 5.85. The van der Waals surface area contributed by atoms with E-state index in [1.54, 1.807) is 20.2 Å². The molecule has 1 fully saturated rings. The van der Waals surface area contributed by atoms with E-state index >= 15 is 0 Å². The molecular weight excluding hydrogens is 420 g/mol. The number of amides is 1. The van der Waals surface area contributed by atoms with Crippen LogP contribution in [0.25, 0.3) is 16.7 Å². The largest absolute Gasteiger partial charge is 0.444 e. The lowest BCUT2D eigenvalue weighted by molar-refractivity contribution is 0.0173. The number of likely N-dealkylation sites (tertiary alicyclic amines) is 1. The van der Waals surface area contributed by atoms with Gasteiger partial charge in [-0.05, 0) is 63.9 Å². The Morgan fingerprint density at radius 3 is 2.52 bits per heavy atom. The molecule has 0 spiro atoms. The quantitative estimate of drug-likeness (QED) is 0.654. The highest BCUT2D eigenvalue weighted by molar-refractivity contribution is 5.87. The molecule has 176 valence electrons. The number of anilines is 2. The predicted molar refractivity (Wildman–Crippen MR) is 130 cm³/mol. The number of nitrogens with two attached hydrogens (primary N) is 1. The molecule has 0 unspecified atom stereocenters. The smallest absolute Gasteiger partial charge is 0.410 e. The molecule has 1 aliphatic heterocycles. The third-order valence-electron chi connectivity index (χ3n) is 5.85. The van der Waals surface area contributed by atoms with Crippen molar-refractivity contribution < 1.29 is 9.53 Å². The van der Waals surface area contributed by atoms with E-state index < -0.39 is 5.60 Å². The van der Waals surface area contributed by atoms with Gasteiger partial charge in [-0.15, -0.1) is 0 Å². The summed E-state index contributed by atoms with van der Waals surface area (Å²) in [6.45, 7) is 6.55. The first kappa shape index (κ1) is 22.7. The van der Waals surface area contributed by atoms with Gasteiger partial charge in [0.05, 0.1) is 17.2 Å². The molecule has 1 aliphatic rings. The van der Waals surface area contributed by atoms with E-state index in [1.807, 2.05) is 70.1 Å². The van der Waals surface area contributed by atoms with Crippen molar-refractivity contribution >= 4 is 28.6 Å². The SMILES string of the molecule is CN(C)c1ccc(-n2c(=O)n([C@@H]3CCCN(C(=O)OC(C)(C)C)C3)c3ccnc(N)c32)cc1. The fraction of sp³-hybridized carbons (Fsp3) is 0.458. The second-order valence-electron chi connectivity index (χ2n) is 9.69. The van der Waals surface area contributed by atoms with Crippen LogP contribution in [0.2, 0.25) is 0 Å². The second-order valence-corrected chi connectivity index (χ2v) is 9.69. The molecular formula is C24H32N6O3. The van der Waals surface area contributed by atoms with Gasteiger partial charge in [0.1, 0.15) is 16.9 Å². The number of aromatic nitrogens is 3. The van der Waals surface area contributed by atoms with Crippen LogP contribution in [0.15, 0.2) is 41.3 Å². The monoisotopic (exact) mass is 452 g/mol. The van der Waals surface area contributed by atoms with Gasteiger partial charge in [0, 0.05) is 39.1 Å². The number of benzene rings is 1. The summed E-state index contributed by atoms with van der Waals surface area (Å²) in [4.78, 5) is 34.4. The van der Waals surface area contributed by atoms with Crippen molar-refractivity contribution in [3.63, 3.8) is 0 Å². The summed E-state index contributed by atoms with van der Waals surface area (Å²) in [5.74, 6) is 0.292. The summed E-state index contributed by atoms with van der Waals surface area (Å²) >= 11 is 0. The Morgan fingerprint density at radius 1 is 1.18 bits per heavy atom. The van der Waals surface area contributed by atoms with Crippen LogP contribution in [-0.4, -0.2) is 57.9 Å². The van der Waals surface area contributed by atoms with Crippen molar-refractivity contribution in [2.75, 3.05) is 37.8 Å². The molecule has 1 saturated heterocycles. The molecule has 0 saturated carbocycles. The number of pyridine rings is 1. The molecule has 3 aromatic rings. The van der Waals surface area contributed by atoms with E-state index in [4.69, 9.17) is 10.5 Å². The molecule has 2 N–H and O–H groups in total. The molecule has 0 aliphatic carbocycles. The Hall–Kier alpha value is -3.49. The van der Waals surface area contributed by atoms with E-state index in [1.165, 1.54) is 0 Å². The highest BCUT2D eigenvalue weighted by Crippen LogP contribution is 2.29. The number of imidazole rings is 1. The lowest BCUT2D eigenvalue weighted by Gasteiger charge is -2.34. The molecule has 4 rings (SSSR count). The van der Waals surface area contributed by atoms with Crippen LogP contribution in [0, 0.1) is 0 Å². The molecule has 0 bridgehead atoms. The number of carbonyl (C=O) groups is 1. The van der Waals surface area contributed by atoms with E-state index in [9.17, 15) is 9.59 Å². The number of fused-ring (bicyclic) bond motifs is 1. The van der Waals surface area contributed by atoms with Crippen molar-refractivity contribution in [1.29, 1.82) is 0 Å². The van der Waals surface area contributed by atoms with E-state index in [0.717, 1.165) is 18.5 Å². The topological polar surface area (TPSA) is 98.6 Å². The molecule has 3 heterocycles. The van der Waals surface area contributed by atoms with Gasteiger partial charge in [0.25, 0.3) is 0 Å². The Balaban J connectivity index is 1.78. The van der Waals surface area contributed by atoms with Gasteiger partial charge in [-0.25, -0.2) is 14.6 Å². The van der Waals surface area contributed by atoms with E-state index in [0.29, 0.717) is 35.6 Å². The van der Waals surface area contributed by atoms with Gasteiger partial charge >= 0.3 is 11.8 Å². The molecule has 9 heteroatoms. The average molecular weight is 453 g/mol. The standard InChI is InChI=1S/C24H32N6O3/c1-24(2,3)33-23(32)28-14-6-7-18(15-28)29-19-12-13-26-21(25)20(19)30(22(29)31)17-10-8-16(9-11-17)27(4)5/h8-13,18H,6-7,14-15H2,1-5H3,(H2,25,26)/t18-/m1/s1. The number of hydrogen-bond donors (Lipinski definition) is 1. The molecule has 9 nitrogen and oxygen atoms in total. The van der Waals surface area contributed by atoms with E-state index in [-0.39, 0.29) is 17.8 Å². The van der Waals surface area contributed by atoms with Gasteiger partial charge in [0.15, 0.2) is 0 Å². The molecule has 2 aromatic heterocycles. The Morgan fingerprint density at radius 2 is 1.88 bits per heavy atom. The summed E-state index contributed by atoms with van der Waals surface area (Å²) in [7, 11) is 3.93. The summed E-state index contributed by atoms with van der Waals surface area (Å²) < 4.78 is 8.93. The maximum Gasteiger partial charge on any atom is 0.410 e. The maximum atomic E-state index is 13.8. The molecule has 33 heavy (non-hydrogen) atoms. The van der Waals surface area contributed by atoms with Crippen molar-refractivity contribution in [1.82, 2.24) is 19.0 Å². The average Bonchev–Trinajstić information content (AvgIpc) is 3.06. The summed E-state index contributed by atoms with van der Waals surface area (Å²) in [5.41, 5.74) is 8.52. The number of hydrogen-bond acceptors (Lipinski definition) is 6. The van der Waals surface area contributed by atoms with Crippen LogP contribution in [0.5, 0.6) is 0 Å². The summed E-state index contributed by atoms with van der Waals surface area (Å²) in [6, 6.07) is 9.35. The zero-order chi connectivity index (χ0) is 23.9. The number of ether oxygens (including phenoxy) is 1. The summed E-state index contributed by atoms with van der Waals surface area (Å²) in [5, 5.41) is 0. The maximum absolute atomic E-state index is 13.8. The van der Waals surface area contributed by atoms with Gasteiger partial charge in [-0.3, -0.25) is 9.13 Å². The molecule has 0 radical (unpaired) electrons. The third kappa shape index (κ3) is 4.40. The molecule has 1 atom stereocenters. The van der Waals surface area contributed by atoms with Crippen molar-refractivity contribution in [2.24, 2.45) is 0 Å². The summed E-state index contributed by atoms with van der Waals surface area (Å²) in [6.07, 6.45) is 2.81. The van der Waals surface area contributed by atoms with Crippen LogP contribution in [0.4, 0.5) is 16.3 Å². The van der Waals surface area contributed by atoms with Crippen LogP contribution in [-0.2, 0) is 4.74 Å². The minimum atomic E-state index is -0.574. The highest BCUT2D eigenvalue weighted by atomic mass is 16.6. The lowest BCUT2D eigenvalue weighted by atomic mass is 10.1. The highest BCUT2D eigenvalue weighted by Gasteiger charge is 2.31. The van der Waals surface area contributed by atoms with Crippen LogP contribution in [0.1, 0.15) is 39.7 Å². The van der Waals surface area contributed by atoms with E-state index in [2.05, 4.69) is 4.98 Å². The van der Waals surface area contributed by atoms with Gasteiger partial charge in [-0.2, -0.15) is 0 Å². The number of nitrogens with zero attached hydrogens (tertiary/aromatic N) is 5. The van der Waals surface area contributed by atoms with Crippen LogP contribution < -0.4 is 16.3 Å². The fourth-order valence-electron chi connectivity index (χ4n) is 4.34. The minimum Gasteiger partial charge on any atom is -0.444 e. The van der Waals surface area contributed by atoms with Crippen molar-refractivity contribution in [2.45, 2.75) is 45.3 Å². The first-order valence-electron chi connectivity index (χ1n) is 11.2. The Kier molecular flexibility index (Phi) is 5.82. The fourth-order valence-corrected chi connectivity index (χ4v) is 4.34. The zero-order valence-electron chi connectivity index (χ0n) is 19.9. The number of nitrogen functional groups attached to an aromatic ring is 1.